The van der Waals surface area contributed by atoms with E-state index in [1.165, 1.54) is 27.1 Å². The molecule has 168 valence electrons. The van der Waals surface area contributed by atoms with Crippen molar-refractivity contribution in [2.45, 2.75) is 35.7 Å². The molecule has 1 amide bonds. The molecular formula is C24H21N3O4S2. The fraction of sp³-hybridized carbons (Fsp3) is 0.250. The van der Waals surface area contributed by atoms with Gasteiger partial charge >= 0.3 is 5.97 Å². The van der Waals surface area contributed by atoms with Crippen LogP contribution in [0.2, 0.25) is 0 Å². The summed E-state index contributed by atoms with van der Waals surface area (Å²) in [6.45, 7) is -0.0324. The van der Waals surface area contributed by atoms with Gasteiger partial charge in [0.05, 0.1) is 18.4 Å². The smallest absolute Gasteiger partial charge is 0.339 e. The second-order valence-corrected chi connectivity index (χ2v) is 9.83. The van der Waals surface area contributed by atoms with Crippen molar-refractivity contribution in [2.75, 3.05) is 13.7 Å². The Hall–Kier alpha value is -3.17. The first-order valence-electron chi connectivity index (χ1n) is 10.6. The third-order valence-corrected chi connectivity index (χ3v) is 7.78. The molecule has 1 aromatic carbocycles. The quantitative estimate of drug-likeness (QED) is 0.280. The van der Waals surface area contributed by atoms with Gasteiger partial charge in [-0.05, 0) is 49.1 Å². The van der Waals surface area contributed by atoms with Crippen molar-refractivity contribution in [1.82, 2.24) is 14.9 Å². The van der Waals surface area contributed by atoms with Crippen LogP contribution in [0.1, 0.15) is 33.0 Å². The molecule has 0 unspecified atom stereocenters. The lowest BCUT2D eigenvalue weighted by molar-refractivity contribution is -0.134. The van der Waals surface area contributed by atoms with Gasteiger partial charge in [-0.3, -0.25) is 4.79 Å². The number of nitrogens with zero attached hydrogens (tertiary/aromatic N) is 3. The highest BCUT2D eigenvalue weighted by Crippen LogP contribution is 2.42. The molecule has 0 N–H and O–H groups in total. The van der Waals surface area contributed by atoms with Crippen LogP contribution in [0.4, 0.5) is 0 Å². The maximum Gasteiger partial charge on any atom is 0.339 e. The van der Waals surface area contributed by atoms with Crippen molar-refractivity contribution >= 4 is 45.2 Å². The highest BCUT2D eigenvalue weighted by Gasteiger charge is 2.23. The van der Waals surface area contributed by atoms with Gasteiger partial charge in [0.2, 0.25) is 0 Å². The number of aromatic nitrogens is 2. The Bertz CT molecular complexity index is 1320. The van der Waals surface area contributed by atoms with E-state index in [4.69, 9.17) is 9.15 Å². The van der Waals surface area contributed by atoms with Gasteiger partial charge in [0.25, 0.3) is 5.91 Å². The van der Waals surface area contributed by atoms with E-state index >= 15 is 0 Å². The second-order valence-electron chi connectivity index (χ2n) is 7.72. The van der Waals surface area contributed by atoms with E-state index in [0.717, 1.165) is 39.4 Å². The maximum atomic E-state index is 12.8. The van der Waals surface area contributed by atoms with Gasteiger partial charge in [0, 0.05) is 22.2 Å². The highest BCUT2D eigenvalue weighted by atomic mass is 32.2. The summed E-state index contributed by atoms with van der Waals surface area (Å²) >= 11 is 3.16. The van der Waals surface area contributed by atoms with Crippen LogP contribution >= 0.6 is 23.1 Å². The number of carbonyl (C=O) groups excluding carboxylic acids is 2. The molecule has 3 aromatic heterocycles. The van der Waals surface area contributed by atoms with Crippen molar-refractivity contribution in [3.05, 3.63) is 70.8 Å². The minimum atomic E-state index is -0.543. The van der Waals surface area contributed by atoms with E-state index in [9.17, 15) is 9.59 Å². The van der Waals surface area contributed by atoms with E-state index in [-0.39, 0.29) is 12.5 Å². The zero-order valence-corrected chi connectivity index (χ0v) is 19.6. The zero-order valence-electron chi connectivity index (χ0n) is 17.9. The molecule has 5 rings (SSSR count). The van der Waals surface area contributed by atoms with Crippen LogP contribution in [0.3, 0.4) is 0 Å². The monoisotopic (exact) mass is 479 g/mol. The van der Waals surface area contributed by atoms with Gasteiger partial charge in [-0.2, -0.15) is 0 Å². The standard InChI is InChI=1S/C24H21N3O4S2/c1-27(12-15-6-5-11-30-15)20(28)13-31-24(29)17-7-2-3-9-19(17)33-23-21-16-8-4-10-18(16)32-22(21)25-14-26-23/h2-3,5-7,9,11,14H,4,8,10,12-13H2,1H3. The molecule has 3 heterocycles. The summed E-state index contributed by atoms with van der Waals surface area (Å²) in [6.07, 6.45) is 6.41. The topological polar surface area (TPSA) is 85.5 Å². The molecule has 0 fully saturated rings. The van der Waals surface area contributed by atoms with Crippen molar-refractivity contribution in [1.29, 1.82) is 0 Å². The van der Waals surface area contributed by atoms with Gasteiger partial charge in [-0.15, -0.1) is 11.3 Å². The summed E-state index contributed by atoms with van der Waals surface area (Å²) < 4.78 is 10.6. The molecule has 0 saturated heterocycles. The van der Waals surface area contributed by atoms with Crippen LogP contribution in [-0.4, -0.2) is 40.4 Å². The largest absolute Gasteiger partial charge is 0.467 e. The Labute approximate surface area is 198 Å². The molecule has 0 bridgehead atoms. The van der Waals surface area contributed by atoms with E-state index in [2.05, 4.69) is 9.97 Å². The van der Waals surface area contributed by atoms with Crippen LogP contribution in [0.25, 0.3) is 10.2 Å². The third kappa shape index (κ3) is 4.51. The van der Waals surface area contributed by atoms with Crippen LogP contribution in [0.5, 0.6) is 0 Å². The summed E-state index contributed by atoms with van der Waals surface area (Å²) in [5.41, 5.74) is 1.74. The number of carbonyl (C=O) groups is 2. The van der Waals surface area contributed by atoms with Crippen molar-refractivity contribution in [2.24, 2.45) is 0 Å². The number of benzene rings is 1. The molecule has 33 heavy (non-hydrogen) atoms. The van der Waals surface area contributed by atoms with Crippen LogP contribution in [0, 0.1) is 0 Å². The number of likely N-dealkylation sites (N-methyl/N-ethyl adjacent to an activating group) is 1. The average Bonchev–Trinajstić information content (AvgIpc) is 3.55. The van der Waals surface area contributed by atoms with E-state index in [1.54, 1.807) is 55.2 Å². The van der Waals surface area contributed by atoms with Crippen molar-refractivity contribution in [3.8, 4) is 0 Å². The first-order chi connectivity index (χ1) is 16.1. The Morgan fingerprint density at radius 2 is 2.06 bits per heavy atom. The number of furan rings is 1. The van der Waals surface area contributed by atoms with E-state index in [0.29, 0.717) is 17.9 Å². The van der Waals surface area contributed by atoms with Crippen LogP contribution in [-0.2, 0) is 28.9 Å². The number of amides is 1. The first-order valence-corrected chi connectivity index (χ1v) is 12.2. The van der Waals surface area contributed by atoms with Gasteiger partial charge in [-0.1, -0.05) is 23.9 Å². The summed E-state index contributed by atoms with van der Waals surface area (Å²) in [4.78, 5) is 38.8. The fourth-order valence-electron chi connectivity index (χ4n) is 3.85. The molecule has 0 saturated carbocycles. The Balaban J connectivity index is 1.31. The summed E-state index contributed by atoms with van der Waals surface area (Å²) in [5, 5.41) is 1.94. The Kier molecular flexibility index (Phi) is 6.15. The molecule has 0 atom stereocenters. The number of ether oxygens (including phenoxy) is 1. The lowest BCUT2D eigenvalue weighted by atomic mass is 10.2. The number of hydrogen-bond acceptors (Lipinski definition) is 8. The van der Waals surface area contributed by atoms with Crippen molar-refractivity contribution < 1.29 is 18.7 Å². The van der Waals surface area contributed by atoms with Gasteiger partial charge < -0.3 is 14.1 Å². The summed E-state index contributed by atoms with van der Waals surface area (Å²) in [5.74, 6) is -0.190. The fourth-order valence-corrected chi connectivity index (χ4v) is 6.18. The van der Waals surface area contributed by atoms with Crippen molar-refractivity contribution in [3.63, 3.8) is 0 Å². The third-order valence-electron chi connectivity index (χ3n) is 5.51. The summed E-state index contributed by atoms with van der Waals surface area (Å²) in [6, 6.07) is 10.8. The predicted octanol–water partition coefficient (Wildman–Crippen LogP) is 4.74. The zero-order chi connectivity index (χ0) is 22.8. The highest BCUT2D eigenvalue weighted by molar-refractivity contribution is 7.99. The van der Waals surface area contributed by atoms with E-state index < -0.39 is 5.97 Å². The van der Waals surface area contributed by atoms with Crippen LogP contribution in [0.15, 0.2) is 63.3 Å². The van der Waals surface area contributed by atoms with E-state index in [1.807, 2.05) is 12.1 Å². The Morgan fingerprint density at radius 1 is 1.18 bits per heavy atom. The number of rotatable bonds is 7. The molecule has 7 nitrogen and oxygen atoms in total. The molecule has 1 aliphatic rings. The normalized spacial score (nSPS) is 12.6. The molecule has 9 heteroatoms. The van der Waals surface area contributed by atoms with Gasteiger partial charge in [0.1, 0.15) is 21.9 Å². The minimum absolute atomic E-state index is 0.309. The lowest BCUT2D eigenvalue weighted by Crippen LogP contribution is -2.30. The first kappa shape index (κ1) is 21.7. The van der Waals surface area contributed by atoms with Gasteiger partial charge in [0.15, 0.2) is 6.61 Å². The average molecular weight is 480 g/mol. The van der Waals surface area contributed by atoms with Gasteiger partial charge in [-0.25, -0.2) is 14.8 Å². The number of esters is 1. The molecule has 0 aliphatic heterocycles. The summed E-state index contributed by atoms with van der Waals surface area (Å²) in [7, 11) is 1.64. The minimum Gasteiger partial charge on any atom is -0.467 e. The number of thiophene rings is 1. The lowest BCUT2D eigenvalue weighted by Gasteiger charge is -2.16. The van der Waals surface area contributed by atoms with Crippen LogP contribution < -0.4 is 0 Å². The number of fused-ring (bicyclic) bond motifs is 3. The molecule has 0 radical (unpaired) electrons. The second kappa shape index (κ2) is 9.36. The Morgan fingerprint density at radius 3 is 2.91 bits per heavy atom. The molecular weight excluding hydrogens is 458 g/mol. The molecule has 4 aromatic rings. The molecule has 0 spiro atoms. The number of hydrogen-bond donors (Lipinski definition) is 0. The predicted molar refractivity (Wildman–Crippen MR) is 125 cm³/mol. The SMILES string of the molecule is CN(Cc1ccco1)C(=O)COC(=O)c1ccccc1Sc1ncnc2sc3c(c12)CCC3. The number of aryl methyl sites for hydroxylation is 2. The molecule has 1 aliphatic carbocycles. The maximum absolute atomic E-state index is 12.8.